The van der Waals surface area contributed by atoms with E-state index in [1.54, 1.807) is 18.4 Å². The van der Waals surface area contributed by atoms with Crippen molar-refractivity contribution in [3.05, 3.63) is 30.2 Å². The van der Waals surface area contributed by atoms with Crippen molar-refractivity contribution in [1.29, 1.82) is 5.26 Å². The summed E-state index contributed by atoms with van der Waals surface area (Å²) >= 11 is 0. The molecule has 0 aliphatic carbocycles. The van der Waals surface area contributed by atoms with Crippen molar-refractivity contribution in [2.24, 2.45) is 0 Å². The molecule has 0 aliphatic rings. The van der Waals surface area contributed by atoms with Crippen molar-refractivity contribution in [2.75, 3.05) is 0 Å². The van der Waals surface area contributed by atoms with Crippen LogP contribution in [0.1, 0.15) is 5.56 Å². The van der Waals surface area contributed by atoms with Crippen molar-refractivity contribution in [1.82, 2.24) is 10.2 Å². The summed E-state index contributed by atoms with van der Waals surface area (Å²) in [7, 11) is 0. The molecular formula is C8H5N3O. The number of aromatic amines is 1. The first-order valence-electron chi connectivity index (χ1n) is 3.39. The molecule has 58 valence electrons. The summed E-state index contributed by atoms with van der Waals surface area (Å²) in [5.41, 5.74) is 1.12. The third kappa shape index (κ3) is 0.883. The Kier molecular flexibility index (Phi) is 1.42. The van der Waals surface area contributed by atoms with Gasteiger partial charge in [-0.3, -0.25) is 5.10 Å². The maximum Gasteiger partial charge on any atom is 0.153 e. The number of H-pyrrole nitrogens is 1. The van der Waals surface area contributed by atoms with E-state index in [0.717, 1.165) is 0 Å². The minimum absolute atomic E-state index is 0.491. The molecule has 0 saturated heterocycles. The van der Waals surface area contributed by atoms with Gasteiger partial charge < -0.3 is 4.42 Å². The van der Waals surface area contributed by atoms with Gasteiger partial charge in [-0.2, -0.15) is 10.4 Å². The lowest BCUT2D eigenvalue weighted by molar-refractivity contribution is 0.579. The summed E-state index contributed by atoms with van der Waals surface area (Å²) in [5, 5.41) is 15.1. The van der Waals surface area contributed by atoms with Crippen LogP contribution in [-0.4, -0.2) is 10.2 Å². The third-order valence-electron chi connectivity index (χ3n) is 1.53. The molecule has 2 aromatic rings. The highest BCUT2D eigenvalue weighted by atomic mass is 16.3. The van der Waals surface area contributed by atoms with Gasteiger partial charge in [-0.25, -0.2) is 0 Å². The SMILES string of the molecule is N#Cc1cn[nH]c1-c1ccco1. The van der Waals surface area contributed by atoms with Gasteiger partial charge in [0.2, 0.25) is 0 Å². The van der Waals surface area contributed by atoms with Crippen molar-refractivity contribution in [3.63, 3.8) is 0 Å². The number of hydrogen-bond donors (Lipinski definition) is 1. The Morgan fingerprint density at radius 3 is 3.17 bits per heavy atom. The lowest BCUT2D eigenvalue weighted by Crippen LogP contribution is -1.76. The van der Waals surface area contributed by atoms with E-state index in [4.69, 9.17) is 9.68 Å². The molecule has 4 heteroatoms. The van der Waals surface area contributed by atoms with E-state index in [9.17, 15) is 0 Å². The zero-order valence-electron chi connectivity index (χ0n) is 6.11. The quantitative estimate of drug-likeness (QED) is 0.686. The second kappa shape index (κ2) is 2.55. The van der Waals surface area contributed by atoms with E-state index in [-0.39, 0.29) is 0 Å². The molecule has 0 aliphatic heterocycles. The van der Waals surface area contributed by atoms with Crippen LogP contribution in [0.25, 0.3) is 11.5 Å². The average molecular weight is 159 g/mol. The number of hydrogen-bond acceptors (Lipinski definition) is 3. The van der Waals surface area contributed by atoms with E-state index in [1.807, 2.05) is 6.07 Å². The summed E-state index contributed by atoms with van der Waals surface area (Å²) in [4.78, 5) is 0. The largest absolute Gasteiger partial charge is 0.463 e. The van der Waals surface area contributed by atoms with Gasteiger partial charge >= 0.3 is 0 Å². The summed E-state index contributed by atoms with van der Waals surface area (Å²) in [6.07, 6.45) is 3.02. The van der Waals surface area contributed by atoms with Crippen molar-refractivity contribution >= 4 is 0 Å². The minimum Gasteiger partial charge on any atom is -0.463 e. The van der Waals surface area contributed by atoms with Gasteiger partial charge in [-0.05, 0) is 12.1 Å². The normalized spacial score (nSPS) is 9.58. The fourth-order valence-corrected chi connectivity index (χ4v) is 0.980. The molecule has 2 heterocycles. The van der Waals surface area contributed by atoms with E-state index in [1.165, 1.54) is 6.20 Å². The van der Waals surface area contributed by atoms with Gasteiger partial charge in [0.1, 0.15) is 17.3 Å². The maximum atomic E-state index is 8.65. The lowest BCUT2D eigenvalue weighted by Gasteiger charge is -1.88. The molecule has 0 saturated carbocycles. The fourth-order valence-electron chi connectivity index (χ4n) is 0.980. The highest BCUT2D eigenvalue weighted by Crippen LogP contribution is 2.19. The van der Waals surface area contributed by atoms with Crippen LogP contribution in [0.15, 0.2) is 29.0 Å². The first-order chi connectivity index (χ1) is 5.92. The summed E-state index contributed by atoms with van der Waals surface area (Å²) < 4.78 is 5.10. The molecule has 1 N–H and O–H groups in total. The van der Waals surface area contributed by atoms with Crippen LogP contribution in [0.5, 0.6) is 0 Å². The number of nitrogens with zero attached hydrogens (tertiary/aromatic N) is 2. The van der Waals surface area contributed by atoms with Crippen LogP contribution in [0, 0.1) is 11.3 Å². The van der Waals surface area contributed by atoms with Crippen LogP contribution < -0.4 is 0 Å². The minimum atomic E-state index is 0.491. The molecule has 0 fully saturated rings. The summed E-state index contributed by atoms with van der Waals surface area (Å²) in [5.74, 6) is 0.629. The van der Waals surface area contributed by atoms with Gasteiger partial charge in [0, 0.05) is 0 Å². The van der Waals surface area contributed by atoms with Crippen molar-refractivity contribution in [3.8, 4) is 17.5 Å². The summed E-state index contributed by atoms with van der Waals surface area (Å²) in [6, 6.07) is 5.54. The summed E-state index contributed by atoms with van der Waals surface area (Å²) in [6.45, 7) is 0. The zero-order valence-corrected chi connectivity index (χ0v) is 6.11. The van der Waals surface area contributed by atoms with Crippen molar-refractivity contribution < 1.29 is 4.42 Å². The fraction of sp³-hybridized carbons (Fsp3) is 0. The Hall–Kier alpha value is -2.02. The Labute approximate surface area is 68.4 Å². The average Bonchev–Trinajstić information content (AvgIpc) is 2.74. The number of furan rings is 1. The van der Waals surface area contributed by atoms with Gasteiger partial charge in [0.05, 0.1) is 12.5 Å². The Bertz CT molecular complexity index is 408. The number of nitrogens with one attached hydrogen (secondary N) is 1. The van der Waals surface area contributed by atoms with E-state index < -0.39 is 0 Å². The molecule has 0 atom stereocenters. The first-order valence-corrected chi connectivity index (χ1v) is 3.39. The molecule has 2 aromatic heterocycles. The van der Waals surface area contributed by atoms with Crippen LogP contribution in [0.4, 0.5) is 0 Å². The molecule has 0 spiro atoms. The Morgan fingerprint density at radius 1 is 1.58 bits per heavy atom. The van der Waals surface area contributed by atoms with E-state index >= 15 is 0 Å². The highest BCUT2D eigenvalue weighted by molar-refractivity contribution is 5.60. The van der Waals surface area contributed by atoms with Crippen LogP contribution in [0.2, 0.25) is 0 Å². The molecule has 12 heavy (non-hydrogen) atoms. The second-order valence-corrected chi connectivity index (χ2v) is 2.25. The number of aromatic nitrogens is 2. The smallest absolute Gasteiger partial charge is 0.153 e. The molecule has 0 radical (unpaired) electrons. The molecule has 0 bridgehead atoms. The predicted molar refractivity (Wildman–Crippen MR) is 41.0 cm³/mol. The standard InChI is InChI=1S/C8H5N3O/c9-4-6-5-10-11-8(6)7-2-1-3-12-7/h1-3,5H,(H,10,11). The molecule has 0 amide bonds. The highest BCUT2D eigenvalue weighted by Gasteiger charge is 2.08. The second-order valence-electron chi connectivity index (χ2n) is 2.25. The molecular weight excluding hydrogens is 154 g/mol. The van der Waals surface area contributed by atoms with Gasteiger partial charge in [-0.15, -0.1) is 0 Å². The Balaban J connectivity index is 2.55. The third-order valence-corrected chi connectivity index (χ3v) is 1.53. The monoisotopic (exact) mass is 159 g/mol. The van der Waals surface area contributed by atoms with Gasteiger partial charge in [0.25, 0.3) is 0 Å². The number of nitriles is 1. The predicted octanol–water partition coefficient (Wildman–Crippen LogP) is 1.54. The molecule has 0 aromatic carbocycles. The molecule has 4 nitrogen and oxygen atoms in total. The van der Waals surface area contributed by atoms with Crippen LogP contribution in [-0.2, 0) is 0 Å². The van der Waals surface area contributed by atoms with Crippen LogP contribution >= 0.6 is 0 Å². The van der Waals surface area contributed by atoms with Crippen molar-refractivity contribution in [2.45, 2.75) is 0 Å². The number of rotatable bonds is 1. The topological polar surface area (TPSA) is 65.6 Å². The lowest BCUT2D eigenvalue weighted by atomic mass is 10.2. The van der Waals surface area contributed by atoms with Gasteiger partial charge in [0.15, 0.2) is 5.76 Å². The van der Waals surface area contributed by atoms with Crippen LogP contribution in [0.3, 0.4) is 0 Å². The molecule has 2 rings (SSSR count). The van der Waals surface area contributed by atoms with Gasteiger partial charge in [-0.1, -0.05) is 0 Å². The first kappa shape index (κ1) is 6.68. The van der Waals surface area contributed by atoms with E-state index in [2.05, 4.69) is 10.2 Å². The maximum absolute atomic E-state index is 8.65. The zero-order chi connectivity index (χ0) is 8.39. The Morgan fingerprint density at radius 2 is 2.50 bits per heavy atom. The molecule has 0 unspecified atom stereocenters. The van der Waals surface area contributed by atoms with E-state index in [0.29, 0.717) is 17.0 Å².